The lowest BCUT2D eigenvalue weighted by molar-refractivity contribution is -0.144. The van der Waals surface area contributed by atoms with Crippen molar-refractivity contribution in [3.8, 4) is 0 Å². The van der Waals surface area contributed by atoms with Gasteiger partial charge in [0.05, 0.1) is 18.0 Å². The van der Waals surface area contributed by atoms with E-state index in [1.54, 1.807) is 15.8 Å². The van der Waals surface area contributed by atoms with Gasteiger partial charge >= 0.3 is 6.09 Å². The summed E-state index contributed by atoms with van der Waals surface area (Å²) >= 11 is 0. The molecule has 2 fully saturated rings. The fraction of sp³-hybridized carbons (Fsp3) is 0.800. The number of ether oxygens (including phenoxy) is 1. The van der Waals surface area contributed by atoms with E-state index in [1.807, 2.05) is 41.5 Å². The number of likely N-dealkylation sites (tertiary alicyclic amines) is 1. The van der Waals surface area contributed by atoms with Gasteiger partial charge in [0, 0.05) is 52.7 Å². The van der Waals surface area contributed by atoms with Crippen LogP contribution >= 0.6 is 0 Å². The minimum absolute atomic E-state index is 0.104. The maximum Gasteiger partial charge on any atom is 0.410 e. The van der Waals surface area contributed by atoms with Gasteiger partial charge in [-0.25, -0.2) is 9.48 Å². The summed E-state index contributed by atoms with van der Waals surface area (Å²) in [5.41, 5.74) is -0.327. The number of β-amino-alcohol motifs (C(OH)–C–C–N with tert-alkyl or cyclic N) is 1. The maximum atomic E-state index is 13.7. The second-order valence-electron chi connectivity index (χ2n) is 12.1. The van der Waals surface area contributed by atoms with Gasteiger partial charge in [0.1, 0.15) is 17.7 Å². The number of rotatable bonds is 5. The Labute approximate surface area is 219 Å². The normalized spacial score (nSPS) is 22.5. The molecule has 1 aromatic heterocycles. The molecule has 2 aliphatic rings. The van der Waals surface area contributed by atoms with Crippen LogP contribution in [-0.2, 0) is 20.9 Å². The molecule has 0 aromatic carbocycles. The van der Waals surface area contributed by atoms with Crippen molar-refractivity contribution in [3.63, 3.8) is 0 Å². The Morgan fingerprint density at radius 3 is 2.46 bits per heavy atom. The number of nitrogens with one attached hydrogen (secondary N) is 1. The zero-order valence-corrected chi connectivity index (χ0v) is 23.2. The Hall–Kier alpha value is -2.73. The van der Waals surface area contributed by atoms with E-state index in [0.717, 1.165) is 18.7 Å². The maximum absolute atomic E-state index is 13.7. The zero-order chi connectivity index (χ0) is 27.5. The van der Waals surface area contributed by atoms with E-state index in [0.29, 0.717) is 26.2 Å². The van der Waals surface area contributed by atoms with E-state index in [2.05, 4.69) is 20.5 Å². The molecular weight excluding hydrogens is 478 g/mol. The molecule has 0 radical (unpaired) electrons. The highest BCUT2D eigenvalue weighted by atomic mass is 16.6. The van der Waals surface area contributed by atoms with Gasteiger partial charge in [-0.15, -0.1) is 5.10 Å². The van der Waals surface area contributed by atoms with E-state index in [1.165, 1.54) is 11.9 Å². The van der Waals surface area contributed by atoms with Crippen molar-refractivity contribution in [2.45, 2.75) is 84.7 Å². The van der Waals surface area contributed by atoms with E-state index in [9.17, 15) is 19.5 Å². The molecular formula is C25H43N7O5. The van der Waals surface area contributed by atoms with Crippen LogP contribution in [0, 0.1) is 5.41 Å². The topological polar surface area (TPSA) is 133 Å². The molecule has 0 aliphatic carbocycles. The van der Waals surface area contributed by atoms with Gasteiger partial charge in [0.25, 0.3) is 0 Å². The lowest BCUT2D eigenvalue weighted by Gasteiger charge is -2.34. The second-order valence-corrected chi connectivity index (χ2v) is 12.1. The summed E-state index contributed by atoms with van der Waals surface area (Å²) in [6, 6.07) is -1.41. The van der Waals surface area contributed by atoms with Crippen LogP contribution in [0.15, 0.2) is 6.20 Å². The highest BCUT2D eigenvalue weighted by Crippen LogP contribution is 2.34. The predicted octanol–water partition coefficient (Wildman–Crippen LogP) is 1.02. The fourth-order valence-corrected chi connectivity index (χ4v) is 4.89. The molecule has 12 heteroatoms. The Bertz CT molecular complexity index is 967. The standard InChI is InChI=1S/C25H43N7O5/c1-24(2,3)20(22(35)31-16-18(33)13-19(31)21(34)26-7)32-15-17(27-28-32)14-29-9-8-10-30(12-11-29)23(36)37-25(4,5)6/h15,18-20,33H,8-14,16H2,1-7H3,(H,26,34)/t18-,19+,20-/m1/s1. The molecule has 12 nitrogen and oxygen atoms in total. The second kappa shape index (κ2) is 11.3. The number of hydrogen-bond donors (Lipinski definition) is 2. The monoisotopic (exact) mass is 521 g/mol. The summed E-state index contributed by atoms with van der Waals surface area (Å²) in [6.07, 6.45) is 1.76. The number of aromatic nitrogens is 3. The molecule has 3 rings (SSSR count). The third-order valence-electron chi connectivity index (χ3n) is 6.61. The van der Waals surface area contributed by atoms with Gasteiger partial charge in [0.15, 0.2) is 0 Å². The molecule has 2 aliphatic heterocycles. The summed E-state index contributed by atoms with van der Waals surface area (Å²) in [6.45, 7) is 14.7. The van der Waals surface area contributed by atoms with Crippen molar-refractivity contribution in [2.24, 2.45) is 5.41 Å². The quantitative estimate of drug-likeness (QED) is 0.587. The van der Waals surface area contributed by atoms with Crippen molar-refractivity contribution in [2.75, 3.05) is 39.8 Å². The van der Waals surface area contributed by atoms with Gasteiger partial charge < -0.3 is 25.0 Å². The molecule has 37 heavy (non-hydrogen) atoms. The molecule has 2 N–H and O–H groups in total. The Kier molecular flexibility index (Phi) is 8.84. The summed E-state index contributed by atoms with van der Waals surface area (Å²) in [5, 5.41) is 21.4. The van der Waals surface area contributed by atoms with E-state index < -0.39 is 29.2 Å². The van der Waals surface area contributed by atoms with Crippen LogP contribution in [0.5, 0.6) is 0 Å². The lowest BCUT2D eigenvalue weighted by atomic mass is 9.85. The van der Waals surface area contributed by atoms with Crippen LogP contribution in [0.25, 0.3) is 0 Å². The number of likely N-dealkylation sites (N-methyl/N-ethyl adjacent to an activating group) is 1. The van der Waals surface area contributed by atoms with Crippen molar-refractivity contribution in [1.82, 2.24) is 35.0 Å². The van der Waals surface area contributed by atoms with Crippen LogP contribution in [0.4, 0.5) is 4.79 Å². The third-order valence-corrected chi connectivity index (χ3v) is 6.61. The highest BCUT2D eigenvalue weighted by molar-refractivity contribution is 5.90. The number of hydrogen-bond acceptors (Lipinski definition) is 8. The van der Waals surface area contributed by atoms with Gasteiger partial charge in [-0.05, 0) is 32.6 Å². The minimum atomic E-state index is -0.749. The molecule has 208 valence electrons. The van der Waals surface area contributed by atoms with Crippen molar-refractivity contribution < 1.29 is 24.2 Å². The summed E-state index contributed by atoms with van der Waals surface area (Å²) in [5.74, 6) is -0.560. The Balaban J connectivity index is 1.70. The van der Waals surface area contributed by atoms with Crippen LogP contribution in [-0.4, -0.2) is 110 Å². The fourth-order valence-electron chi connectivity index (χ4n) is 4.89. The minimum Gasteiger partial charge on any atom is -0.444 e. The van der Waals surface area contributed by atoms with E-state index in [4.69, 9.17) is 4.74 Å². The predicted molar refractivity (Wildman–Crippen MR) is 136 cm³/mol. The molecule has 0 unspecified atom stereocenters. The zero-order valence-electron chi connectivity index (χ0n) is 23.2. The molecule has 3 amide bonds. The summed E-state index contributed by atoms with van der Waals surface area (Å²) in [7, 11) is 1.52. The number of aliphatic hydroxyl groups is 1. The molecule has 0 spiro atoms. The number of aliphatic hydroxyl groups excluding tert-OH is 1. The molecule has 1 aromatic rings. The van der Waals surface area contributed by atoms with E-state index in [-0.39, 0.29) is 30.9 Å². The first-order chi connectivity index (χ1) is 17.2. The molecule has 3 heterocycles. The summed E-state index contributed by atoms with van der Waals surface area (Å²) < 4.78 is 7.09. The van der Waals surface area contributed by atoms with Crippen molar-refractivity contribution in [3.05, 3.63) is 11.9 Å². The molecule has 3 atom stereocenters. The number of carbonyl (C=O) groups is 3. The van der Waals surface area contributed by atoms with Crippen molar-refractivity contribution in [1.29, 1.82) is 0 Å². The average Bonchev–Trinajstić information content (AvgIpc) is 3.31. The first kappa shape index (κ1) is 28.8. The first-order valence-electron chi connectivity index (χ1n) is 13.0. The van der Waals surface area contributed by atoms with Crippen LogP contribution in [0.1, 0.15) is 66.1 Å². The summed E-state index contributed by atoms with van der Waals surface area (Å²) in [4.78, 5) is 44.0. The highest BCUT2D eigenvalue weighted by Gasteiger charge is 2.45. The van der Waals surface area contributed by atoms with E-state index >= 15 is 0 Å². The van der Waals surface area contributed by atoms with Gasteiger partial charge in [-0.1, -0.05) is 26.0 Å². The Morgan fingerprint density at radius 2 is 1.84 bits per heavy atom. The first-order valence-corrected chi connectivity index (χ1v) is 13.0. The number of amides is 3. The number of nitrogens with zero attached hydrogens (tertiary/aromatic N) is 6. The smallest absolute Gasteiger partial charge is 0.410 e. The number of carbonyl (C=O) groups excluding carboxylic acids is 3. The van der Waals surface area contributed by atoms with Gasteiger partial charge in [-0.2, -0.15) is 0 Å². The van der Waals surface area contributed by atoms with Gasteiger partial charge in [0.2, 0.25) is 11.8 Å². The van der Waals surface area contributed by atoms with Crippen molar-refractivity contribution >= 4 is 17.9 Å². The SMILES string of the molecule is CNC(=O)[C@@H]1C[C@@H](O)CN1C(=O)[C@@H](n1cc(CN2CCCN(C(=O)OC(C)(C)C)CC2)nn1)C(C)(C)C. The molecule has 0 bridgehead atoms. The van der Waals surface area contributed by atoms with Crippen LogP contribution < -0.4 is 5.32 Å². The van der Waals surface area contributed by atoms with Crippen LogP contribution in [0.2, 0.25) is 0 Å². The molecule has 0 saturated carbocycles. The van der Waals surface area contributed by atoms with Gasteiger partial charge in [-0.3, -0.25) is 14.5 Å². The molecule has 2 saturated heterocycles. The Morgan fingerprint density at radius 1 is 1.14 bits per heavy atom. The third kappa shape index (κ3) is 7.41. The largest absolute Gasteiger partial charge is 0.444 e. The lowest BCUT2D eigenvalue weighted by Crippen LogP contribution is -2.49. The van der Waals surface area contributed by atoms with Crippen LogP contribution in [0.3, 0.4) is 0 Å². The average molecular weight is 522 g/mol.